The van der Waals surface area contributed by atoms with Gasteiger partial charge in [-0.3, -0.25) is 0 Å². The molecule has 0 saturated heterocycles. The van der Waals surface area contributed by atoms with E-state index in [-0.39, 0.29) is 37.1 Å². The van der Waals surface area contributed by atoms with Gasteiger partial charge in [-0.05, 0) is 26.2 Å². The van der Waals surface area contributed by atoms with Gasteiger partial charge in [-0.1, -0.05) is 6.07 Å². The average molecular weight is 325 g/mol. The summed E-state index contributed by atoms with van der Waals surface area (Å²) < 4.78 is 38.3. The molecule has 0 aliphatic rings. The van der Waals surface area contributed by atoms with Gasteiger partial charge in [0.25, 0.3) is 0 Å². The van der Waals surface area contributed by atoms with Gasteiger partial charge >= 0.3 is 12.6 Å². The van der Waals surface area contributed by atoms with Crippen LogP contribution >= 0.6 is 0 Å². The van der Waals surface area contributed by atoms with E-state index in [2.05, 4.69) is 4.74 Å². The predicted molar refractivity (Wildman–Crippen MR) is 68.1 cm³/mol. The molecule has 21 heavy (non-hydrogen) atoms. The summed E-state index contributed by atoms with van der Waals surface area (Å²) in [5.74, 6) is -0.293. The van der Waals surface area contributed by atoms with Gasteiger partial charge in [0.05, 0.1) is 0 Å². The minimum atomic E-state index is -2.90. The molecule has 0 radical (unpaired) electrons. The van der Waals surface area contributed by atoms with Gasteiger partial charge in [0, 0.05) is 12.6 Å². The van der Waals surface area contributed by atoms with Crippen molar-refractivity contribution in [3.8, 4) is 11.5 Å². The van der Waals surface area contributed by atoms with Gasteiger partial charge in [-0.25, -0.2) is 4.79 Å². The van der Waals surface area contributed by atoms with Gasteiger partial charge in [0.1, 0.15) is 18.1 Å². The smallest absolute Gasteiger partial charge is 0.387 e. The van der Waals surface area contributed by atoms with Crippen LogP contribution in [0.1, 0.15) is 0 Å². The van der Waals surface area contributed by atoms with Crippen LogP contribution < -0.4 is 21.9 Å². The molecule has 0 saturated carbocycles. The molecule has 0 unspecified atom stereocenters. The van der Waals surface area contributed by atoms with Crippen molar-refractivity contribution >= 4 is 5.97 Å². The van der Waals surface area contributed by atoms with Crippen LogP contribution in [0.4, 0.5) is 8.78 Å². The lowest BCUT2D eigenvalue weighted by atomic mass is 10.3. The Bertz CT molecular complexity index is 432. The van der Waals surface area contributed by atoms with Crippen LogP contribution in [0.3, 0.4) is 0 Å². The van der Waals surface area contributed by atoms with Crippen molar-refractivity contribution in [2.24, 2.45) is 0 Å². The Morgan fingerprint density at radius 2 is 1.95 bits per heavy atom. The number of halogens is 3. The zero-order chi connectivity index (χ0) is 15.0. The van der Waals surface area contributed by atoms with Crippen molar-refractivity contribution in [3.63, 3.8) is 0 Å². The molecule has 0 amide bonds. The molecule has 0 aromatic heterocycles. The van der Waals surface area contributed by atoms with Crippen LogP contribution in [0.2, 0.25) is 0 Å². The fourth-order valence-corrected chi connectivity index (χ4v) is 1.27. The molecular formula is C13H17ClF2NO4-. The normalized spacial score (nSPS) is 10.2. The molecule has 0 atom stereocenters. The Hall–Kier alpha value is -1.60. The topological polar surface area (TPSA) is 48.0 Å². The Labute approximate surface area is 128 Å². The molecule has 5 nitrogen and oxygen atoms in total. The summed E-state index contributed by atoms with van der Waals surface area (Å²) in [6.45, 7) is -2.31. The first-order valence-corrected chi connectivity index (χ1v) is 5.95. The lowest BCUT2D eigenvalue weighted by molar-refractivity contribution is -0.146. The maximum atomic E-state index is 12.0. The van der Waals surface area contributed by atoms with E-state index < -0.39 is 12.6 Å². The Morgan fingerprint density at radius 1 is 1.29 bits per heavy atom. The summed E-state index contributed by atoms with van der Waals surface area (Å²) in [4.78, 5) is 13.2. The lowest BCUT2D eigenvalue weighted by Gasteiger charge is -2.11. The summed E-state index contributed by atoms with van der Waals surface area (Å²) in [7, 11) is 3.72. The number of alkyl halides is 2. The summed E-state index contributed by atoms with van der Waals surface area (Å²) >= 11 is 0. The van der Waals surface area contributed by atoms with Crippen molar-refractivity contribution in [1.82, 2.24) is 4.90 Å². The van der Waals surface area contributed by atoms with Gasteiger partial charge in [-0.15, -0.1) is 0 Å². The molecule has 1 aromatic rings. The third-order valence-electron chi connectivity index (χ3n) is 2.19. The number of carbonyl (C=O) groups is 1. The molecule has 0 N–H and O–H groups in total. The quantitative estimate of drug-likeness (QED) is 0.561. The Balaban J connectivity index is 0.00000400. The van der Waals surface area contributed by atoms with E-state index >= 15 is 0 Å². The molecular weight excluding hydrogens is 308 g/mol. The summed E-state index contributed by atoms with van der Waals surface area (Å²) in [6.07, 6.45) is 0. The maximum Gasteiger partial charge on any atom is 0.387 e. The van der Waals surface area contributed by atoms with Crippen LogP contribution in [-0.2, 0) is 9.53 Å². The van der Waals surface area contributed by atoms with Gasteiger partial charge < -0.3 is 31.5 Å². The summed E-state index contributed by atoms with van der Waals surface area (Å²) in [5, 5.41) is 0. The molecule has 120 valence electrons. The average Bonchev–Trinajstić information content (AvgIpc) is 2.35. The maximum absolute atomic E-state index is 12.0. The van der Waals surface area contributed by atoms with E-state index in [0.717, 1.165) is 0 Å². The number of ether oxygens (including phenoxy) is 3. The number of carbonyl (C=O) groups excluding carboxylic acids is 1. The van der Waals surface area contributed by atoms with Gasteiger partial charge in [0.15, 0.2) is 6.61 Å². The number of hydrogen-bond donors (Lipinski definition) is 0. The first-order chi connectivity index (χ1) is 9.47. The zero-order valence-electron chi connectivity index (χ0n) is 11.7. The Kier molecular flexibility index (Phi) is 9.40. The second kappa shape index (κ2) is 10.2. The Morgan fingerprint density at radius 3 is 2.57 bits per heavy atom. The molecule has 0 heterocycles. The number of likely N-dealkylation sites (N-methyl/N-ethyl adjacent to an activating group) is 1. The standard InChI is InChI=1S/C13H17F2NO4.ClH/c1-16(2)6-7-18-12(17)9-19-10-4-3-5-11(8-10)20-13(14)15;/h3-5,8,13H,6-7,9H2,1-2H3;1H/p-1. The molecule has 0 aliphatic carbocycles. The van der Waals surface area contributed by atoms with Crippen molar-refractivity contribution in [2.75, 3.05) is 33.9 Å². The van der Waals surface area contributed by atoms with E-state index in [1.54, 1.807) is 0 Å². The fraction of sp³-hybridized carbons (Fsp3) is 0.462. The minimum absolute atomic E-state index is 0. The first-order valence-electron chi connectivity index (χ1n) is 5.95. The number of esters is 1. The fourth-order valence-electron chi connectivity index (χ4n) is 1.27. The number of nitrogens with zero attached hydrogens (tertiary/aromatic N) is 1. The van der Waals surface area contributed by atoms with E-state index in [4.69, 9.17) is 9.47 Å². The van der Waals surface area contributed by atoms with E-state index in [1.165, 1.54) is 24.3 Å². The van der Waals surface area contributed by atoms with Crippen LogP contribution in [0.15, 0.2) is 24.3 Å². The highest BCUT2D eigenvalue weighted by Crippen LogP contribution is 2.20. The largest absolute Gasteiger partial charge is 1.00 e. The van der Waals surface area contributed by atoms with Gasteiger partial charge in [0.2, 0.25) is 0 Å². The molecule has 1 rings (SSSR count). The second-order valence-electron chi connectivity index (χ2n) is 4.17. The molecule has 8 heteroatoms. The van der Waals surface area contributed by atoms with Crippen molar-refractivity contribution in [2.45, 2.75) is 6.61 Å². The van der Waals surface area contributed by atoms with Crippen LogP contribution in [-0.4, -0.2) is 51.3 Å². The highest BCUT2D eigenvalue weighted by molar-refractivity contribution is 5.71. The zero-order valence-corrected chi connectivity index (χ0v) is 12.5. The SMILES string of the molecule is CN(C)CCOC(=O)COc1cccc(OC(F)F)c1.[Cl-]. The summed E-state index contributed by atoms with van der Waals surface area (Å²) in [5.41, 5.74) is 0. The number of hydrogen-bond acceptors (Lipinski definition) is 5. The number of rotatable bonds is 8. The lowest BCUT2D eigenvalue weighted by Crippen LogP contribution is -3.00. The minimum Gasteiger partial charge on any atom is -1.00 e. The molecule has 0 aliphatic heterocycles. The third kappa shape index (κ3) is 9.04. The number of benzene rings is 1. The summed E-state index contributed by atoms with van der Waals surface area (Å²) in [6, 6.07) is 5.67. The first kappa shape index (κ1) is 19.4. The highest BCUT2D eigenvalue weighted by Gasteiger charge is 2.07. The molecule has 1 aromatic carbocycles. The van der Waals surface area contributed by atoms with E-state index in [0.29, 0.717) is 6.54 Å². The second-order valence-corrected chi connectivity index (χ2v) is 4.17. The van der Waals surface area contributed by atoms with E-state index in [9.17, 15) is 13.6 Å². The molecule has 0 bridgehead atoms. The van der Waals surface area contributed by atoms with Crippen LogP contribution in [0.25, 0.3) is 0 Å². The monoisotopic (exact) mass is 324 g/mol. The van der Waals surface area contributed by atoms with E-state index in [1.807, 2.05) is 19.0 Å². The highest BCUT2D eigenvalue weighted by atomic mass is 35.5. The van der Waals surface area contributed by atoms with Crippen molar-refractivity contribution in [3.05, 3.63) is 24.3 Å². The van der Waals surface area contributed by atoms with Crippen molar-refractivity contribution in [1.29, 1.82) is 0 Å². The third-order valence-corrected chi connectivity index (χ3v) is 2.19. The predicted octanol–water partition coefficient (Wildman–Crippen LogP) is -1.22. The van der Waals surface area contributed by atoms with Crippen LogP contribution in [0, 0.1) is 0 Å². The van der Waals surface area contributed by atoms with Crippen LogP contribution in [0.5, 0.6) is 11.5 Å². The molecule has 0 spiro atoms. The molecule has 0 fully saturated rings. The van der Waals surface area contributed by atoms with Gasteiger partial charge in [-0.2, -0.15) is 8.78 Å². The van der Waals surface area contributed by atoms with Crippen molar-refractivity contribution < 1.29 is 40.2 Å².